The second-order valence-electron chi connectivity index (χ2n) is 9.54. The van der Waals surface area contributed by atoms with Gasteiger partial charge in [0.25, 0.3) is 0 Å². The Morgan fingerprint density at radius 1 is 0.562 bits per heavy atom. The molecule has 0 bridgehead atoms. The molecular formula is C26H58ClNO3Si. The van der Waals surface area contributed by atoms with Gasteiger partial charge in [0.2, 0.25) is 0 Å². The van der Waals surface area contributed by atoms with Crippen molar-refractivity contribution in [2.24, 2.45) is 0 Å². The van der Waals surface area contributed by atoms with Crippen LogP contribution in [-0.2, 0) is 13.3 Å². The van der Waals surface area contributed by atoms with Crippen LogP contribution in [0.5, 0.6) is 0 Å². The first-order valence-corrected chi connectivity index (χ1v) is 15.3. The van der Waals surface area contributed by atoms with Gasteiger partial charge in [-0.2, -0.15) is 0 Å². The van der Waals surface area contributed by atoms with E-state index in [0.29, 0.717) is 0 Å². The summed E-state index contributed by atoms with van der Waals surface area (Å²) in [5.74, 6) is 0. The second kappa shape index (κ2) is 24.5. The lowest BCUT2D eigenvalue weighted by molar-refractivity contribution is 0.122. The predicted octanol–water partition coefficient (Wildman–Crippen LogP) is 8.26. The molecule has 0 N–H and O–H groups in total. The van der Waals surface area contributed by atoms with Crippen LogP contribution in [-0.4, -0.2) is 55.2 Å². The molecule has 0 aliphatic carbocycles. The van der Waals surface area contributed by atoms with Crippen molar-refractivity contribution in [3.05, 3.63) is 0 Å². The van der Waals surface area contributed by atoms with Crippen LogP contribution in [0.1, 0.15) is 122 Å². The van der Waals surface area contributed by atoms with E-state index in [0.717, 1.165) is 18.5 Å². The van der Waals surface area contributed by atoms with Crippen LogP contribution in [0, 0.1) is 0 Å². The van der Waals surface area contributed by atoms with Crippen molar-refractivity contribution in [1.82, 2.24) is 4.90 Å². The van der Waals surface area contributed by atoms with E-state index in [4.69, 9.17) is 13.3 Å². The molecule has 1 unspecified atom stereocenters. The topological polar surface area (TPSA) is 30.9 Å². The number of nitrogens with zero attached hydrogens (tertiary/aromatic N) is 1. The molecule has 0 saturated carbocycles. The molecule has 0 aliphatic heterocycles. The molecule has 0 amide bonds. The molecule has 0 aliphatic rings. The minimum atomic E-state index is -2.37. The summed E-state index contributed by atoms with van der Waals surface area (Å²) in [7, 11) is 7.25. The zero-order valence-electron chi connectivity index (χ0n) is 22.6. The Morgan fingerprint density at radius 2 is 0.906 bits per heavy atom. The van der Waals surface area contributed by atoms with Gasteiger partial charge in [-0.15, -0.1) is 12.4 Å². The monoisotopic (exact) mass is 495 g/mol. The molecule has 32 heavy (non-hydrogen) atoms. The first-order valence-electron chi connectivity index (χ1n) is 13.4. The average molecular weight is 496 g/mol. The predicted molar refractivity (Wildman–Crippen MR) is 145 cm³/mol. The molecule has 196 valence electrons. The normalized spacial score (nSPS) is 12.8. The number of unbranched alkanes of at least 4 members (excludes halogenated alkanes) is 14. The van der Waals surface area contributed by atoms with Gasteiger partial charge in [0.1, 0.15) is 0 Å². The van der Waals surface area contributed by atoms with Crippen molar-refractivity contribution >= 4 is 21.2 Å². The second-order valence-corrected chi connectivity index (χ2v) is 12.6. The first kappa shape index (κ1) is 34.5. The molecule has 0 heterocycles. The van der Waals surface area contributed by atoms with Crippen LogP contribution in [0.15, 0.2) is 0 Å². The molecule has 1 atom stereocenters. The molecule has 4 nitrogen and oxygen atoms in total. The Bertz CT molecular complexity index is 363. The first-order chi connectivity index (χ1) is 15.0. The van der Waals surface area contributed by atoms with Gasteiger partial charge in [-0.25, -0.2) is 0 Å². The van der Waals surface area contributed by atoms with E-state index < -0.39 is 8.80 Å². The van der Waals surface area contributed by atoms with Crippen molar-refractivity contribution in [2.45, 2.75) is 135 Å². The Labute approximate surface area is 209 Å². The minimum Gasteiger partial charge on any atom is -0.377 e. The summed E-state index contributed by atoms with van der Waals surface area (Å²) < 4.78 is 16.5. The van der Waals surface area contributed by atoms with Crippen LogP contribution in [0.25, 0.3) is 0 Å². The molecule has 6 heteroatoms. The molecular weight excluding hydrogens is 438 g/mol. The van der Waals surface area contributed by atoms with Gasteiger partial charge >= 0.3 is 8.80 Å². The number of hydrogen-bond donors (Lipinski definition) is 0. The largest absolute Gasteiger partial charge is 0.500 e. The van der Waals surface area contributed by atoms with Crippen molar-refractivity contribution in [1.29, 1.82) is 0 Å². The zero-order chi connectivity index (χ0) is 23.2. The quantitative estimate of drug-likeness (QED) is 0.0995. The van der Waals surface area contributed by atoms with Crippen molar-refractivity contribution in [3.8, 4) is 0 Å². The van der Waals surface area contributed by atoms with Crippen LogP contribution >= 0.6 is 12.4 Å². The van der Waals surface area contributed by atoms with Gasteiger partial charge in [-0.3, -0.25) is 0 Å². The zero-order valence-corrected chi connectivity index (χ0v) is 24.4. The van der Waals surface area contributed by atoms with E-state index in [9.17, 15) is 0 Å². The van der Waals surface area contributed by atoms with Gasteiger partial charge in [0, 0.05) is 33.4 Å². The third-order valence-electron chi connectivity index (χ3n) is 6.82. The lowest BCUT2D eigenvalue weighted by Crippen LogP contribution is -2.42. The van der Waals surface area contributed by atoms with E-state index >= 15 is 0 Å². The summed E-state index contributed by atoms with van der Waals surface area (Å²) in [4.78, 5) is 2.44. The maximum atomic E-state index is 5.51. The highest BCUT2D eigenvalue weighted by Gasteiger charge is 2.36. The maximum absolute atomic E-state index is 5.51. The standard InChI is InChI=1S/C26H57NO3Si.ClH/c1-7-8-9-10-11-12-13-14-15-16-17-20-23-26(27(2)3)24-21-18-19-22-25-31(28-4,29-5)30-6;/h26H,7-25H2,1-6H3;1H. The Morgan fingerprint density at radius 3 is 1.25 bits per heavy atom. The van der Waals surface area contributed by atoms with E-state index in [2.05, 4.69) is 25.9 Å². The summed E-state index contributed by atoms with van der Waals surface area (Å²) in [6, 6.07) is 1.67. The van der Waals surface area contributed by atoms with Crippen molar-refractivity contribution < 1.29 is 13.3 Å². The van der Waals surface area contributed by atoms with E-state index in [1.165, 1.54) is 109 Å². The molecule has 0 aromatic heterocycles. The Hall–Kier alpha value is 0.347. The molecule has 0 spiro atoms. The van der Waals surface area contributed by atoms with Crippen molar-refractivity contribution in [2.75, 3.05) is 35.4 Å². The number of hydrogen-bond acceptors (Lipinski definition) is 4. The summed E-state index contributed by atoms with van der Waals surface area (Å²) in [6.45, 7) is 2.29. The molecule has 0 aromatic carbocycles. The minimum absolute atomic E-state index is 0. The van der Waals surface area contributed by atoms with Crippen LogP contribution in [0.3, 0.4) is 0 Å². The van der Waals surface area contributed by atoms with Crippen LogP contribution in [0.4, 0.5) is 0 Å². The molecule has 0 aromatic rings. The van der Waals surface area contributed by atoms with Crippen LogP contribution < -0.4 is 0 Å². The number of halogens is 1. The summed E-state index contributed by atoms with van der Waals surface area (Å²) in [5, 5.41) is 0. The third-order valence-corrected chi connectivity index (χ3v) is 9.66. The smallest absolute Gasteiger partial charge is 0.377 e. The lowest BCUT2D eigenvalue weighted by atomic mass is 9.99. The van der Waals surface area contributed by atoms with Gasteiger partial charge in [-0.05, 0) is 33.4 Å². The van der Waals surface area contributed by atoms with Crippen LogP contribution in [0.2, 0.25) is 6.04 Å². The molecule has 0 fully saturated rings. The average Bonchev–Trinajstić information content (AvgIpc) is 2.78. The van der Waals surface area contributed by atoms with E-state index in [1.807, 2.05) is 0 Å². The van der Waals surface area contributed by atoms with Gasteiger partial charge < -0.3 is 18.2 Å². The van der Waals surface area contributed by atoms with Gasteiger partial charge in [0.15, 0.2) is 0 Å². The molecule has 0 radical (unpaired) electrons. The van der Waals surface area contributed by atoms with E-state index in [-0.39, 0.29) is 12.4 Å². The van der Waals surface area contributed by atoms with E-state index in [1.54, 1.807) is 21.3 Å². The third kappa shape index (κ3) is 18.7. The fourth-order valence-electron chi connectivity index (χ4n) is 4.51. The molecule has 0 rings (SSSR count). The maximum Gasteiger partial charge on any atom is 0.500 e. The fourth-order valence-corrected chi connectivity index (χ4v) is 6.31. The van der Waals surface area contributed by atoms with Crippen molar-refractivity contribution in [3.63, 3.8) is 0 Å². The highest BCUT2D eigenvalue weighted by molar-refractivity contribution is 6.60. The Kier molecular flexibility index (Phi) is 26.4. The van der Waals surface area contributed by atoms with Gasteiger partial charge in [-0.1, -0.05) is 103 Å². The summed E-state index contributed by atoms with van der Waals surface area (Å²) >= 11 is 0. The van der Waals surface area contributed by atoms with Gasteiger partial charge in [0.05, 0.1) is 0 Å². The highest BCUT2D eigenvalue weighted by Crippen LogP contribution is 2.20. The lowest BCUT2D eigenvalue weighted by Gasteiger charge is -2.25. The summed E-state index contributed by atoms with van der Waals surface area (Å²) in [6.07, 6.45) is 24.8. The number of rotatable bonds is 24. The Balaban J connectivity index is 0. The highest BCUT2D eigenvalue weighted by atomic mass is 35.5. The fraction of sp³-hybridized carbons (Fsp3) is 1.00. The summed E-state index contributed by atoms with van der Waals surface area (Å²) in [5.41, 5.74) is 0. The molecule has 0 saturated heterocycles. The SMILES string of the molecule is CCCCCCCCCCCCCCC(CCCCCC[Si](OC)(OC)OC)N(C)C.Cl.